The third kappa shape index (κ3) is 4.51. The first-order valence-corrected chi connectivity index (χ1v) is 9.44. The molecule has 1 saturated carbocycles. The molecule has 1 aliphatic carbocycles. The summed E-state index contributed by atoms with van der Waals surface area (Å²) in [6, 6.07) is 6.75. The fraction of sp³-hybridized carbons (Fsp3) is 0.550. The second kappa shape index (κ2) is 8.76. The van der Waals surface area contributed by atoms with Gasteiger partial charge in [0.25, 0.3) is 5.91 Å². The molecule has 27 heavy (non-hydrogen) atoms. The van der Waals surface area contributed by atoms with E-state index in [9.17, 15) is 9.59 Å². The molecule has 2 aliphatic rings. The number of likely N-dealkylation sites (tertiary alicyclic amines) is 1. The van der Waals surface area contributed by atoms with Crippen LogP contribution in [0.25, 0.3) is 0 Å². The van der Waals surface area contributed by atoms with Crippen molar-refractivity contribution >= 4 is 11.8 Å². The SMILES string of the molecule is COc1ccc(C(=O)NCC(=O)N2CCC[C@H]2C#N)cc1OC1CCCC1. The zero-order valence-electron chi connectivity index (χ0n) is 15.6. The average molecular weight is 371 g/mol. The summed E-state index contributed by atoms with van der Waals surface area (Å²) < 4.78 is 11.3. The van der Waals surface area contributed by atoms with Crippen LogP contribution in [0.1, 0.15) is 48.9 Å². The van der Waals surface area contributed by atoms with Crippen LogP contribution in [0.2, 0.25) is 0 Å². The van der Waals surface area contributed by atoms with Crippen molar-refractivity contribution in [2.45, 2.75) is 50.7 Å². The average Bonchev–Trinajstić information content (AvgIpc) is 3.37. The number of rotatable bonds is 6. The van der Waals surface area contributed by atoms with Crippen molar-refractivity contribution < 1.29 is 19.1 Å². The predicted molar refractivity (Wildman–Crippen MR) is 98.6 cm³/mol. The van der Waals surface area contributed by atoms with Gasteiger partial charge in [0.2, 0.25) is 5.91 Å². The smallest absolute Gasteiger partial charge is 0.251 e. The maximum Gasteiger partial charge on any atom is 0.251 e. The van der Waals surface area contributed by atoms with Gasteiger partial charge < -0.3 is 19.7 Å². The lowest BCUT2D eigenvalue weighted by molar-refractivity contribution is -0.130. The number of carbonyl (C=O) groups is 2. The highest BCUT2D eigenvalue weighted by Crippen LogP contribution is 2.32. The van der Waals surface area contributed by atoms with Crippen molar-refractivity contribution in [1.29, 1.82) is 5.26 Å². The van der Waals surface area contributed by atoms with Gasteiger partial charge in [-0.2, -0.15) is 5.26 Å². The van der Waals surface area contributed by atoms with E-state index >= 15 is 0 Å². The zero-order chi connectivity index (χ0) is 19.2. The van der Waals surface area contributed by atoms with Crippen LogP contribution in [-0.2, 0) is 4.79 Å². The second-order valence-electron chi connectivity index (χ2n) is 6.95. The van der Waals surface area contributed by atoms with Gasteiger partial charge in [-0.1, -0.05) is 0 Å². The molecule has 7 heteroatoms. The number of methoxy groups -OCH3 is 1. The van der Waals surface area contributed by atoms with Gasteiger partial charge >= 0.3 is 0 Å². The van der Waals surface area contributed by atoms with Gasteiger partial charge in [0.05, 0.1) is 25.8 Å². The monoisotopic (exact) mass is 371 g/mol. The van der Waals surface area contributed by atoms with Gasteiger partial charge in [0, 0.05) is 12.1 Å². The van der Waals surface area contributed by atoms with E-state index in [0.717, 1.165) is 32.1 Å². The van der Waals surface area contributed by atoms with Crippen molar-refractivity contribution in [1.82, 2.24) is 10.2 Å². The van der Waals surface area contributed by atoms with Crippen LogP contribution >= 0.6 is 0 Å². The summed E-state index contributed by atoms with van der Waals surface area (Å²) in [5.41, 5.74) is 0.412. The summed E-state index contributed by atoms with van der Waals surface area (Å²) in [6.07, 6.45) is 5.96. The Morgan fingerprint density at radius 3 is 2.70 bits per heavy atom. The summed E-state index contributed by atoms with van der Waals surface area (Å²) in [6.45, 7) is 0.441. The van der Waals surface area contributed by atoms with Crippen LogP contribution in [0.15, 0.2) is 18.2 Å². The van der Waals surface area contributed by atoms with Crippen LogP contribution in [0.4, 0.5) is 0 Å². The minimum absolute atomic E-state index is 0.123. The molecule has 7 nitrogen and oxygen atoms in total. The van der Waals surface area contributed by atoms with Crippen LogP contribution in [0.5, 0.6) is 11.5 Å². The van der Waals surface area contributed by atoms with Crippen molar-refractivity contribution in [3.63, 3.8) is 0 Å². The molecule has 0 unspecified atom stereocenters. The number of amides is 2. The topological polar surface area (TPSA) is 91.7 Å². The van der Waals surface area contributed by atoms with Crippen LogP contribution in [-0.4, -0.2) is 49.1 Å². The summed E-state index contributed by atoms with van der Waals surface area (Å²) in [7, 11) is 1.57. The van der Waals surface area contributed by atoms with Gasteiger partial charge in [0.1, 0.15) is 6.04 Å². The Balaban J connectivity index is 1.62. The predicted octanol–water partition coefficient (Wildman–Crippen LogP) is 2.26. The lowest BCUT2D eigenvalue weighted by atomic mass is 10.2. The molecule has 1 atom stereocenters. The molecule has 3 rings (SSSR count). The summed E-state index contributed by atoms with van der Waals surface area (Å²) in [5, 5.41) is 11.7. The standard InChI is InChI=1S/C20H25N3O4/c1-26-17-9-8-14(11-18(17)27-16-6-2-3-7-16)20(25)22-13-19(24)23-10-4-5-15(23)12-21/h8-9,11,15-16H,2-7,10,13H2,1H3,(H,22,25)/t15-/m0/s1. The molecule has 0 bridgehead atoms. The van der Waals surface area contributed by atoms with Gasteiger partial charge in [-0.25, -0.2) is 0 Å². The van der Waals surface area contributed by atoms with E-state index in [1.165, 1.54) is 4.90 Å². The maximum absolute atomic E-state index is 12.5. The summed E-state index contributed by atoms with van der Waals surface area (Å²) in [5.74, 6) is 0.550. The molecule has 1 aromatic carbocycles. The Labute approximate surface area is 159 Å². The summed E-state index contributed by atoms with van der Waals surface area (Å²) >= 11 is 0. The number of hydrogen-bond donors (Lipinski definition) is 1. The first-order valence-electron chi connectivity index (χ1n) is 9.44. The number of nitrogens with one attached hydrogen (secondary N) is 1. The molecule has 0 radical (unpaired) electrons. The van der Waals surface area contributed by atoms with Gasteiger partial charge in [-0.3, -0.25) is 9.59 Å². The highest BCUT2D eigenvalue weighted by Gasteiger charge is 2.28. The molecular weight excluding hydrogens is 346 g/mol. The Kier molecular flexibility index (Phi) is 6.17. The van der Waals surface area contributed by atoms with Crippen molar-refractivity contribution in [3.8, 4) is 17.6 Å². The lowest BCUT2D eigenvalue weighted by Crippen LogP contribution is -2.42. The Morgan fingerprint density at radius 1 is 1.22 bits per heavy atom. The van der Waals surface area contributed by atoms with Crippen molar-refractivity contribution in [3.05, 3.63) is 23.8 Å². The molecule has 144 valence electrons. The number of ether oxygens (including phenoxy) is 2. The number of hydrogen-bond acceptors (Lipinski definition) is 5. The number of benzene rings is 1. The van der Waals surface area contributed by atoms with E-state index in [-0.39, 0.29) is 30.5 Å². The van der Waals surface area contributed by atoms with E-state index in [4.69, 9.17) is 14.7 Å². The van der Waals surface area contributed by atoms with E-state index in [0.29, 0.717) is 30.0 Å². The molecule has 1 saturated heterocycles. The summed E-state index contributed by atoms with van der Waals surface area (Å²) in [4.78, 5) is 26.3. The van der Waals surface area contributed by atoms with Crippen LogP contribution in [0, 0.1) is 11.3 Å². The molecule has 1 aliphatic heterocycles. The maximum atomic E-state index is 12.5. The minimum atomic E-state index is -0.387. The fourth-order valence-corrected chi connectivity index (χ4v) is 3.65. The van der Waals surface area contributed by atoms with Gasteiger partial charge in [0.15, 0.2) is 11.5 Å². The van der Waals surface area contributed by atoms with E-state index in [2.05, 4.69) is 11.4 Å². The third-order valence-electron chi connectivity index (χ3n) is 5.14. The lowest BCUT2D eigenvalue weighted by Gasteiger charge is -2.20. The molecule has 1 heterocycles. The van der Waals surface area contributed by atoms with Crippen LogP contribution in [0.3, 0.4) is 0 Å². The molecule has 2 amide bonds. The Bertz CT molecular complexity index is 737. The van der Waals surface area contributed by atoms with E-state index < -0.39 is 0 Å². The molecule has 0 spiro atoms. The van der Waals surface area contributed by atoms with Gasteiger partial charge in [-0.05, 0) is 56.7 Å². The first-order chi connectivity index (χ1) is 13.1. The van der Waals surface area contributed by atoms with Crippen LogP contribution < -0.4 is 14.8 Å². The molecule has 2 fully saturated rings. The third-order valence-corrected chi connectivity index (χ3v) is 5.14. The Hall–Kier alpha value is -2.75. The van der Waals surface area contributed by atoms with E-state index in [1.807, 2.05) is 0 Å². The minimum Gasteiger partial charge on any atom is -0.493 e. The number of carbonyl (C=O) groups excluding carboxylic acids is 2. The van der Waals surface area contributed by atoms with Gasteiger partial charge in [-0.15, -0.1) is 0 Å². The number of nitriles is 1. The molecule has 1 N–H and O–H groups in total. The van der Waals surface area contributed by atoms with Crippen molar-refractivity contribution in [2.24, 2.45) is 0 Å². The first kappa shape index (κ1) is 19.0. The molecular formula is C20H25N3O4. The molecule has 1 aromatic rings. The second-order valence-corrected chi connectivity index (χ2v) is 6.95. The number of nitrogens with zero attached hydrogens (tertiary/aromatic N) is 2. The van der Waals surface area contributed by atoms with E-state index in [1.54, 1.807) is 25.3 Å². The largest absolute Gasteiger partial charge is 0.493 e. The fourth-order valence-electron chi connectivity index (χ4n) is 3.65. The normalized spacial score (nSPS) is 19.6. The zero-order valence-corrected chi connectivity index (χ0v) is 15.6. The highest BCUT2D eigenvalue weighted by molar-refractivity contribution is 5.97. The molecule has 0 aromatic heterocycles. The quantitative estimate of drug-likeness (QED) is 0.828. The Morgan fingerprint density at radius 2 is 2.00 bits per heavy atom. The highest BCUT2D eigenvalue weighted by atomic mass is 16.5. The van der Waals surface area contributed by atoms with Crippen molar-refractivity contribution in [2.75, 3.05) is 20.2 Å².